The first-order chi connectivity index (χ1) is 8.41. The lowest BCUT2D eigenvalue weighted by molar-refractivity contribution is 0.542. The van der Waals surface area contributed by atoms with Crippen LogP contribution in [0.1, 0.15) is 18.9 Å². The quantitative estimate of drug-likeness (QED) is 0.537. The van der Waals surface area contributed by atoms with Gasteiger partial charge in [-0.15, -0.1) is 0 Å². The predicted molar refractivity (Wildman–Crippen MR) is 65.1 cm³/mol. The molecule has 0 atom stereocenters. The van der Waals surface area contributed by atoms with Gasteiger partial charge in [-0.05, 0) is 18.6 Å². The number of nitrogens with two attached hydrogens (primary N) is 1. The van der Waals surface area contributed by atoms with E-state index in [1.54, 1.807) is 6.92 Å². The van der Waals surface area contributed by atoms with Crippen molar-refractivity contribution in [3.8, 4) is 0 Å². The zero-order valence-corrected chi connectivity index (χ0v) is 10.7. The van der Waals surface area contributed by atoms with Gasteiger partial charge >= 0.3 is 0 Å². The van der Waals surface area contributed by atoms with Crippen LogP contribution in [0.3, 0.4) is 0 Å². The number of nitrogens with one attached hydrogen (secondary N) is 2. The van der Waals surface area contributed by atoms with Crippen LogP contribution in [0.25, 0.3) is 0 Å². The Hall–Kier alpha value is -1.25. The van der Waals surface area contributed by atoms with Crippen molar-refractivity contribution in [2.24, 2.45) is 5.84 Å². The normalized spacial score (nSPS) is 11.6. The number of hydrogen-bond donors (Lipinski definition) is 3. The minimum atomic E-state index is -3.62. The van der Waals surface area contributed by atoms with Crippen LogP contribution in [0, 0.1) is 11.6 Å². The molecule has 8 heteroatoms. The topological polar surface area (TPSA) is 84.2 Å². The maximum absolute atomic E-state index is 13.8. The van der Waals surface area contributed by atoms with Gasteiger partial charge in [0.2, 0.25) is 10.0 Å². The van der Waals surface area contributed by atoms with Crippen LogP contribution >= 0.6 is 0 Å². The summed E-state index contributed by atoms with van der Waals surface area (Å²) in [6, 6.07) is 2.03. The molecule has 0 aromatic heterocycles. The predicted octanol–water partition coefficient (Wildman–Crippen LogP) is 1.08. The Labute approximate surface area is 104 Å². The molecular formula is C10H15F2N3O2S. The third-order valence-corrected chi connectivity index (χ3v) is 3.68. The number of anilines is 1. The van der Waals surface area contributed by atoms with Gasteiger partial charge in [0.05, 0.1) is 11.4 Å². The third-order valence-electron chi connectivity index (χ3n) is 2.20. The van der Waals surface area contributed by atoms with Gasteiger partial charge in [-0.1, -0.05) is 6.92 Å². The van der Waals surface area contributed by atoms with Gasteiger partial charge in [-0.3, -0.25) is 16.0 Å². The fraction of sp³-hybridized carbons (Fsp3) is 0.400. The molecule has 0 saturated carbocycles. The molecule has 0 saturated heterocycles. The average Bonchev–Trinajstić information content (AvgIpc) is 2.28. The highest BCUT2D eigenvalue weighted by Gasteiger charge is 2.17. The van der Waals surface area contributed by atoms with Crippen LogP contribution in [-0.2, 0) is 16.6 Å². The fourth-order valence-corrected chi connectivity index (χ4v) is 2.56. The molecule has 4 N–H and O–H groups in total. The fourth-order valence-electron chi connectivity index (χ4n) is 1.43. The van der Waals surface area contributed by atoms with Crippen molar-refractivity contribution in [1.29, 1.82) is 0 Å². The summed E-state index contributed by atoms with van der Waals surface area (Å²) in [6.07, 6.45) is 0.398. The Morgan fingerprint density at radius 1 is 1.33 bits per heavy atom. The van der Waals surface area contributed by atoms with E-state index in [0.29, 0.717) is 6.42 Å². The second-order valence-electron chi connectivity index (χ2n) is 3.69. The summed E-state index contributed by atoms with van der Waals surface area (Å²) in [5.41, 5.74) is 1.53. The summed E-state index contributed by atoms with van der Waals surface area (Å²) >= 11 is 0. The first-order valence-electron chi connectivity index (χ1n) is 5.32. The molecule has 0 radical (unpaired) electrons. The van der Waals surface area contributed by atoms with E-state index < -0.39 is 21.7 Å². The van der Waals surface area contributed by atoms with Crippen molar-refractivity contribution >= 4 is 15.7 Å². The Kier molecular flexibility index (Phi) is 5.00. The summed E-state index contributed by atoms with van der Waals surface area (Å²) in [5.74, 6) is 3.12. The summed E-state index contributed by atoms with van der Waals surface area (Å²) in [6.45, 7) is 1.45. The smallest absolute Gasteiger partial charge is 0.232 e. The van der Waals surface area contributed by atoms with Gasteiger partial charge in [0.1, 0.15) is 5.82 Å². The molecule has 0 amide bonds. The molecule has 5 nitrogen and oxygen atoms in total. The van der Waals surface area contributed by atoms with Gasteiger partial charge in [0.15, 0.2) is 5.82 Å². The highest BCUT2D eigenvalue weighted by molar-refractivity contribution is 7.92. The van der Waals surface area contributed by atoms with E-state index in [0.717, 1.165) is 12.1 Å². The van der Waals surface area contributed by atoms with Crippen LogP contribution in [-0.4, -0.2) is 14.2 Å². The molecule has 1 rings (SSSR count). The molecule has 0 spiro atoms. The van der Waals surface area contributed by atoms with Crippen molar-refractivity contribution in [3.63, 3.8) is 0 Å². The molecular weight excluding hydrogens is 264 g/mol. The van der Waals surface area contributed by atoms with Crippen LogP contribution in [0.2, 0.25) is 0 Å². The van der Waals surface area contributed by atoms with E-state index in [1.165, 1.54) is 0 Å². The van der Waals surface area contributed by atoms with E-state index in [1.807, 2.05) is 0 Å². The minimum absolute atomic E-state index is 0.131. The standard InChI is InChI=1S/C10H15F2N3O2S/c1-2-5-18(16,17)15-9-4-3-8(11)7(6-14-13)10(9)12/h3-4,14-15H,2,5-6,13H2,1H3. The number of hydrogen-bond acceptors (Lipinski definition) is 4. The van der Waals surface area contributed by atoms with Gasteiger partial charge in [-0.2, -0.15) is 0 Å². The first-order valence-corrected chi connectivity index (χ1v) is 6.97. The number of benzene rings is 1. The van der Waals surface area contributed by atoms with Gasteiger partial charge in [0, 0.05) is 12.1 Å². The average molecular weight is 279 g/mol. The van der Waals surface area contributed by atoms with E-state index in [-0.39, 0.29) is 23.5 Å². The molecule has 0 unspecified atom stereocenters. The van der Waals surface area contributed by atoms with Crippen molar-refractivity contribution in [3.05, 3.63) is 29.3 Å². The zero-order valence-electron chi connectivity index (χ0n) is 9.83. The van der Waals surface area contributed by atoms with E-state index >= 15 is 0 Å². The first kappa shape index (κ1) is 14.8. The molecule has 1 aromatic rings. The van der Waals surface area contributed by atoms with Gasteiger partial charge in [0.25, 0.3) is 0 Å². The SMILES string of the molecule is CCCS(=O)(=O)Nc1ccc(F)c(CNN)c1F. The Balaban J connectivity index is 3.08. The Morgan fingerprint density at radius 3 is 2.56 bits per heavy atom. The van der Waals surface area contributed by atoms with Crippen LogP contribution in [0.4, 0.5) is 14.5 Å². The van der Waals surface area contributed by atoms with E-state index in [4.69, 9.17) is 5.84 Å². The van der Waals surface area contributed by atoms with Crippen molar-refractivity contribution in [1.82, 2.24) is 5.43 Å². The summed E-state index contributed by atoms with van der Waals surface area (Å²) in [4.78, 5) is 0. The maximum Gasteiger partial charge on any atom is 0.232 e. The lowest BCUT2D eigenvalue weighted by Gasteiger charge is -2.11. The second-order valence-corrected chi connectivity index (χ2v) is 5.53. The summed E-state index contributed by atoms with van der Waals surface area (Å²) in [7, 11) is -3.62. The zero-order chi connectivity index (χ0) is 13.8. The van der Waals surface area contributed by atoms with E-state index in [2.05, 4.69) is 10.1 Å². The molecule has 18 heavy (non-hydrogen) atoms. The lowest BCUT2D eigenvalue weighted by Crippen LogP contribution is -2.23. The third kappa shape index (κ3) is 3.62. The molecule has 0 aliphatic rings. The largest absolute Gasteiger partial charge is 0.281 e. The van der Waals surface area contributed by atoms with Crippen LogP contribution < -0.4 is 16.0 Å². The van der Waals surface area contributed by atoms with Crippen molar-refractivity contribution in [2.45, 2.75) is 19.9 Å². The molecule has 0 heterocycles. The number of halogens is 2. The van der Waals surface area contributed by atoms with Crippen molar-refractivity contribution < 1.29 is 17.2 Å². The number of hydrazine groups is 1. The van der Waals surface area contributed by atoms with Crippen LogP contribution in [0.15, 0.2) is 12.1 Å². The number of sulfonamides is 1. The molecule has 102 valence electrons. The van der Waals surface area contributed by atoms with Gasteiger partial charge in [-0.25, -0.2) is 17.2 Å². The van der Waals surface area contributed by atoms with Crippen LogP contribution in [0.5, 0.6) is 0 Å². The second kappa shape index (κ2) is 6.07. The highest BCUT2D eigenvalue weighted by Crippen LogP contribution is 2.22. The Morgan fingerprint density at radius 2 is 2.00 bits per heavy atom. The lowest BCUT2D eigenvalue weighted by atomic mass is 10.2. The molecule has 0 fully saturated rings. The van der Waals surface area contributed by atoms with Gasteiger partial charge < -0.3 is 0 Å². The molecule has 0 aliphatic heterocycles. The molecule has 1 aromatic carbocycles. The van der Waals surface area contributed by atoms with E-state index in [9.17, 15) is 17.2 Å². The Bertz CT molecular complexity index is 520. The summed E-state index contributed by atoms with van der Waals surface area (Å²) < 4.78 is 52.2. The maximum atomic E-state index is 13.8. The van der Waals surface area contributed by atoms with Crippen molar-refractivity contribution in [2.75, 3.05) is 10.5 Å². The molecule has 0 aliphatic carbocycles. The number of rotatable bonds is 6. The highest BCUT2D eigenvalue weighted by atomic mass is 32.2. The monoisotopic (exact) mass is 279 g/mol. The molecule has 0 bridgehead atoms. The minimum Gasteiger partial charge on any atom is -0.281 e. The summed E-state index contributed by atoms with van der Waals surface area (Å²) in [5, 5.41) is 0.